The highest BCUT2D eigenvalue weighted by molar-refractivity contribution is 5.92. The Balaban J connectivity index is 1.62. The third kappa shape index (κ3) is 3.84. The summed E-state index contributed by atoms with van der Waals surface area (Å²) in [5.74, 6) is 2.01. The summed E-state index contributed by atoms with van der Waals surface area (Å²) in [6, 6.07) is 12.5. The van der Waals surface area contributed by atoms with Crippen LogP contribution in [0.4, 0.5) is 36.4 Å². The quantitative estimate of drug-likeness (QED) is 0.484. The molecule has 0 aliphatic heterocycles. The zero-order chi connectivity index (χ0) is 21.3. The van der Waals surface area contributed by atoms with Crippen LogP contribution in [0.25, 0.3) is 10.9 Å². The first-order chi connectivity index (χ1) is 14.3. The Bertz CT molecular complexity index is 1190. The molecule has 2 aromatic heterocycles. The Morgan fingerprint density at radius 3 is 2.70 bits per heavy atom. The lowest BCUT2D eigenvalue weighted by Gasteiger charge is -2.16. The van der Waals surface area contributed by atoms with Gasteiger partial charge in [0.25, 0.3) is 0 Å². The SMILES string of the molecule is COc1cccc(Nc2nccc(N(C)c3n[nH]c4cc(C(F)(F)F)ccc34)n2)c1. The fourth-order valence-electron chi connectivity index (χ4n) is 2.97. The second kappa shape index (κ2) is 7.54. The lowest BCUT2D eigenvalue weighted by Crippen LogP contribution is -2.13. The van der Waals surface area contributed by atoms with Crippen LogP contribution in [0.3, 0.4) is 0 Å². The second-order valence-corrected chi connectivity index (χ2v) is 6.46. The molecule has 0 saturated carbocycles. The number of benzene rings is 2. The van der Waals surface area contributed by atoms with Crippen molar-refractivity contribution in [1.82, 2.24) is 20.2 Å². The first kappa shape index (κ1) is 19.5. The number of hydrogen-bond donors (Lipinski definition) is 2. The van der Waals surface area contributed by atoms with Crippen molar-refractivity contribution in [2.75, 3.05) is 24.4 Å². The molecule has 0 atom stereocenters. The maximum absolute atomic E-state index is 12.9. The predicted molar refractivity (Wildman–Crippen MR) is 107 cm³/mol. The molecule has 154 valence electrons. The number of halogens is 3. The van der Waals surface area contributed by atoms with E-state index in [0.717, 1.165) is 17.8 Å². The van der Waals surface area contributed by atoms with Crippen LogP contribution < -0.4 is 15.0 Å². The lowest BCUT2D eigenvalue weighted by molar-refractivity contribution is -0.137. The predicted octanol–water partition coefficient (Wildman–Crippen LogP) is 4.89. The molecule has 0 radical (unpaired) electrons. The molecular weight excluding hydrogens is 397 g/mol. The van der Waals surface area contributed by atoms with E-state index in [2.05, 4.69) is 25.5 Å². The maximum Gasteiger partial charge on any atom is 0.416 e. The second-order valence-electron chi connectivity index (χ2n) is 6.46. The van der Waals surface area contributed by atoms with Crippen LogP contribution in [0.2, 0.25) is 0 Å². The van der Waals surface area contributed by atoms with E-state index in [1.807, 2.05) is 18.2 Å². The first-order valence-corrected chi connectivity index (χ1v) is 8.88. The third-order valence-corrected chi connectivity index (χ3v) is 4.50. The van der Waals surface area contributed by atoms with Crippen molar-refractivity contribution in [2.24, 2.45) is 0 Å². The summed E-state index contributed by atoms with van der Waals surface area (Å²) in [6.45, 7) is 0. The van der Waals surface area contributed by atoms with Crippen LogP contribution >= 0.6 is 0 Å². The zero-order valence-electron chi connectivity index (χ0n) is 16.0. The topological polar surface area (TPSA) is 79.0 Å². The smallest absolute Gasteiger partial charge is 0.416 e. The van der Waals surface area contributed by atoms with Crippen LogP contribution in [0.5, 0.6) is 5.75 Å². The molecular formula is C20H17F3N6O. The van der Waals surface area contributed by atoms with Gasteiger partial charge >= 0.3 is 6.18 Å². The van der Waals surface area contributed by atoms with Gasteiger partial charge in [-0.3, -0.25) is 5.10 Å². The van der Waals surface area contributed by atoms with Crippen molar-refractivity contribution < 1.29 is 17.9 Å². The van der Waals surface area contributed by atoms with Gasteiger partial charge < -0.3 is 15.0 Å². The normalized spacial score (nSPS) is 11.5. The van der Waals surface area contributed by atoms with Gasteiger partial charge in [-0.2, -0.15) is 23.3 Å². The number of fused-ring (bicyclic) bond motifs is 1. The molecule has 0 unspecified atom stereocenters. The highest BCUT2D eigenvalue weighted by Crippen LogP contribution is 2.34. The van der Waals surface area contributed by atoms with E-state index in [4.69, 9.17) is 4.74 Å². The summed E-state index contributed by atoms with van der Waals surface area (Å²) < 4.78 is 44.0. The molecule has 2 N–H and O–H groups in total. The van der Waals surface area contributed by atoms with Crippen molar-refractivity contribution in [2.45, 2.75) is 6.18 Å². The monoisotopic (exact) mass is 414 g/mol. The molecule has 4 rings (SSSR count). The van der Waals surface area contributed by atoms with Gasteiger partial charge in [0.05, 0.1) is 18.2 Å². The molecule has 0 aliphatic rings. The van der Waals surface area contributed by atoms with Crippen LogP contribution in [-0.2, 0) is 6.18 Å². The number of hydrogen-bond acceptors (Lipinski definition) is 6. The van der Waals surface area contributed by atoms with Gasteiger partial charge in [0.15, 0.2) is 5.82 Å². The lowest BCUT2D eigenvalue weighted by atomic mass is 10.1. The standard InChI is InChI=1S/C20H17F3N6O/c1-29(18-15-7-6-12(20(21,22)23)10-16(15)27-28-18)17-8-9-24-19(26-17)25-13-4-3-5-14(11-13)30-2/h3-11H,1-2H3,(H,27,28)(H,24,25,26). The van der Waals surface area contributed by atoms with Gasteiger partial charge in [-0.15, -0.1) is 0 Å². The van der Waals surface area contributed by atoms with Gasteiger partial charge in [-0.25, -0.2) is 4.98 Å². The molecule has 0 spiro atoms. The summed E-state index contributed by atoms with van der Waals surface area (Å²) in [7, 11) is 3.31. The molecule has 0 bridgehead atoms. The van der Waals surface area contributed by atoms with Crippen LogP contribution in [0.15, 0.2) is 54.7 Å². The summed E-state index contributed by atoms with van der Waals surface area (Å²) in [4.78, 5) is 10.4. The molecule has 2 heterocycles. The van der Waals surface area contributed by atoms with E-state index in [1.165, 1.54) is 6.07 Å². The largest absolute Gasteiger partial charge is 0.497 e. The minimum atomic E-state index is -4.42. The average Bonchev–Trinajstić information content (AvgIpc) is 3.16. The first-order valence-electron chi connectivity index (χ1n) is 8.88. The summed E-state index contributed by atoms with van der Waals surface area (Å²) in [5.41, 5.74) is 0.300. The minimum Gasteiger partial charge on any atom is -0.497 e. The van der Waals surface area contributed by atoms with Crippen molar-refractivity contribution in [3.63, 3.8) is 0 Å². The summed E-state index contributed by atoms with van der Waals surface area (Å²) in [6.07, 6.45) is -2.84. The van der Waals surface area contributed by atoms with Gasteiger partial charge in [-0.05, 0) is 36.4 Å². The van der Waals surface area contributed by atoms with Crippen molar-refractivity contribution in [3.8, 4) is 5.75 Å². The molecule has 30 heavy (non-hydrogen) atoms. The van der Waals surface area contributed by atoms with E-state index < -0.39 is 11.7 Å². The fourth-order valence-corrected chi connectivity index (χ4v) is 2.97. The minimum absolute atomic E-state index is 0.287. The van der Waals surface area contributed by atoms with E-state index in [0.29, 0.717) is 28.7 Å². The Morgan fingerprint density at radius 2 is 1.93 bits per heavy atom. The van der Waals surface area contributed by atoms with Gasteiger partial charge in [0.1, 0.15) is 11.6 Å². The molecule has 0 aliphatic carbocycles. The molecule has 0 saturated heterocycles. The molecule has 0 amide bonds. The number of nitrogens with one attached hydrogen (secondary N) is 2. The number of rotatable bonds is 5. The Kier molecular flexibility index (Phi) is 4.90. The third-order valence-electron chi connectivity index (χ3n) is 4.50. The maximum atomic E-state index is 12.9. The van der Waals surface area contributed by atoms with Gasteiger partial charge in [-0.1, -0.05) is 6.07 Å². The highest BCUT2D eigenvalue weighted by atomic mass is 19.4. The Hall–Kier alpha value is -3.82. The molecule has 10 heteroatoms. The van der Waals surface area contributed by atoms with E-state index >= 15 is 0 Å². The number of H-pyrrole nitrogens is 1. The molecule has 7 nitrogen and oxygen atoms in total. The molecule has 4 aromatic rings. The number of aromatic nitrogens is 4. The van der Waals surface area contributed by atoms with Gasteiger partial charge in [0.2, 0.25) is 5.95 Å². The average molecular weight is 414 g/mol. The van der Waals surface area contributed by atoms with E-state index in [-0.39, 0.29) is 5.52 Å². The number of methoxy groups -OCH3 is 1. The Labute approximate surface area is 169 Å². The number of alkyl halides is 3. The van der Waals surface area contributed by atoms with Crippen molar-refractivity contribution in [3.05, 3.63) is 60.3 Å². The fraction of sp³-hybridized carbons (Fsp3) is 0.150. The van der Waals surface area contributed by atoms with Crippen LogP contribution in [0, 0.1) is 0 Å². The van der Waals surface area contributed by atoms with E-state index in [9.17, 15) is 13.2 Å². The van der Waals surface area contributed by atoms with Crippen LogP contribution in [0.1, 0.15) is 5.56 Å². The number of ether oxygens (including phenoxy) is 1. The van der Waals surface area contributed by atoms with Crippen LogP contribution in [-0.4, -0.2) is 34.3 Å². The van der Waals surface area contributed by atoms with Crippen molar-refractivity contribution >= 4 is 34.2 Å². The molecule has 2 aromatic carbocycles. The number of nitrogens with zero attached hydrogens (tertiary/aromatic N) is 4. The summed E-state index contributed by atoms with van der Waals surface area (Å²) in [5, 5.41) is 10.5. The zero-order valence-corrected chi connectivity index (χ0v) is 16.0. The van der Waals surface area contributed by atoms with Crippen molar-refractivity contribution in [1.29, 1.82) is 0 Å². The number of anilines is 4. The Morgan fingerprint density at radius 1 is 1.10 bits per heavy atom. The van der Waals surface area contributed by atoms with Gasteiger partial charge in [0, 0.05) is 30.4 Å². The highest BCUT2D eigenvalue weighted by Gasteiger charge is 2.31. The number of aromatic amines is 1. The summed E-state index contributed by atoms with van der Waals surface area (Å²) >= 11 is 0. The van der Waals surface area contributed by atoms with E-state index in [1.54, 1.807) is 37.4 Å². The molecule has 0 fully saturated rings.